The maximum atomic E-state index is 14.9. The summed E-state index contributed by atoms with van der Waals surface area (Å²) in [5.74, 6) is -3.07. The zero-order chi connectivity index (χ0) is 31.9. The van der Waals surface area contributed by atoms with Crippen LogP contribution in [-0.4, -0.2) is 62.5 Å². The first-order valence-corrected chi connectivity index (χ1v) is 15.5. The van der Waals surface area contributed by atoms with Crippen LogP contribution in [0.1, 0.15) is 44.1 Å². The Balaban J connectivity index is 1.24. The molecule has 234 valence electrons. The molecule has 13 nitrogen and oxygen atoms in total. The molecule has 6 rings (SSSR count). The lowest BCUT2D eigenvalue weighted by atomic mass is 9.93. The van der Waals surface area contributed by atoms with Gasteiger partial charge >= 0.3 is 6.16 Å². The Labute approximate surface area is 255 Å². The molecule has 1 aliphatic carbocycles. The Morgan fingerprint density at radius 2 is 1.78 bits per heavy atom. The second-order valence-electron chi connectivity index (χ2n) is 10.7. The van der Waals surface area contributed by atoms with Crippen molar-refractivity contribution in [3.63, 3.8) is 0 Å². The molecule has 0 bridgehead atoms. The third-order valence-electron chi connectivity index (χ3n) is 7.54. The van der Waals surface area contributed by atoms with Crippen LogP contribution in [0.2, 0.25) is 0 Å². The maximum absolute atomic E-state index is 14.9. The van der Waals surface area contributed by atoms with Gasteiger partial charge in [-0.2, -0.15) is 0 Å². The summed E-state index contributed by atoms with van der Waals surface area (Å²) in [5.41, 5.74) is 0.901. The van der Waals surface area contributed by atoms with Gasteiger partial charge in [-0.05, 0) is 44.4 Å². The Morgan fingerprint density at radius 3 is 2.51 bits per heavy atom. The Kier molecular flexibility index (Phi) is 7.90. The van der Waals surface area contributed by atoms with E-state index in [1.54, 1.807) is 12.1 Å². The zero-order valence-electron chi connectivity index (χ0n) is 23.8. The van der Waals surface area contributed by atoms with Crippen LogP contribution < -0.4 is 5.32 Å². The molecule has 2 fully saturated rings. The molecule has 1 saturated carbocycles. The van der Waals surface area contributed by atoms with Crippen LogP contribution in [0.3, 0.4) is 0 Å². The van der Waals surface area contributed by atoms with Gasteiger partial charge in [-0.3, -0.25) is 14.4 Å². The molecule has 4 aromatic rings. The van der Waals surface area contributed by atoms with Gasteiger partial charge in [0.05, 0.1) is 17.3 Å². The highest BCUT2D eigenvalue weighted by Gasteiger charge is 2.35. The number of carbonyl (C=O) groups excluding carboxylic acids is 3. The van der Waals surface area contributed by atoms with E-state index in [-0.39, 0.29) is 52.4 Å². The quantitative estimate of drug-likeness (QED) is 0.227. The lowest BCUT2D eigenvalue weighted by Gasteiger charge is -2.29. The van der Waals surface area contributed by atoms with Crippen molar-refractivity contribution in [2.75, 3.05) is 5.32 Å². The van der Waals surface area contributed by atoms with Gasteiger partial charge in [-0.25, -0.2) is 40.9 Å². The lowest BCUT2D eigenvalue weighted by molar-refractivity contribution is -0.179. The monoisotopic (exact) mass is 640 g/mol. The van der Waals surface area contributed by atoms with Crippen LogP contribution in [0.25, 0.3) is 22.4 Å². The van der Waals surface area contributed by atoms with E-state index < -0.39 is 51.8 Å². The first kappa shape index (κ1) is 30.1. The number of anilines is 1. The Hall–Kier alpha value is -4.99. The SMILES string of the molecule is Cc1ccc(S(=O)(=O)n2cc(-c3ncc(F)c(N[C@@H]4CCC[C@H](OC(=O)ON5C(=O)CCC5=O)C4)n3)c3cc(F)cnc32)cc1. The Morgan fingerprint density at radius 1 is 1.04 bits per heavy atom. The summed E-state index contributed by atoms with van der Waals surface area (Å²) in [6.07, 6.45) is 2.93. The summed E-state index contributed by atoms with van der Waals surface area (Å²) in [7, 11) is -4.16. The average molecular weight is 641 g/mol. The number of carbonyl (C=O) groups is 3. The number of pyridine rings is 1. The first-order valence-electron chi connectivity index (χ1n) is 14.0. The van der Waals surface area contributed by atoms with Gasteiger partial charge in [0.15, 0.2) is 23.1 Å². The lowest BCUT2D eigenvalue weighted by Crippen LogP contribution is -2.37. The van der Waals surface area contributed by atoms with Gasteiger partial charge in [-0.15, -0.1) is 0 Å². The number of hydroxylamine groups is 2. The molecule has 1 aromatic carbocycles. The molecule has 1 saturated heterocycles. The van der Waals surface area contributed by atoms with Crippen LogP contribution in [-0.2, 0) is 29.2 Å². The molecule has 0 unspecified atom stereocenters. The normalized spacial score (nSPS) is 18.8. The van der Waals surface area contributed by atoms with Gasteiger partial charge in [0.1, 0.15) is 11.9 Å². The standard InChI is InChI=1S/C29H26F2N6O7S/c1-16-5-7-20(8-6-16)45(41,42)36-15-22(21-11-17(30)13-33-28(21)36)26-32-14-23(31)27(35-26)34-18-3-2-4-19(12-18)43-29(40)44-37-24(38)9-10-25(37)39/h5-8,11,13-15,18-19H,2-4,9-10,12H2,1H3,(H,32,34,35)/t18-,19+/m1/s1. The predicted molar refractivity (Wildman–Crippen MR) is 153 cm³/mol. The number of aryl methyl sites for hydroxylation is 1. The fourth-order valence-corrected chi connectivity index (χ4v) is 6.63. The predicted octanol–water partition coefficient (Wildman–Crippen LogP) is 4.26. The highest BCUT2D eigenvalue weighted by molar-refractivity contribution is 7.90. The highest BCUT2D eigenvalue weighted by Crippen LogP contribution is 2.32. The van der Waals surface area contributed by atoms with Crippen LogP contribution in [0.4, 0.5) is 19.4 Å². The third-order valence-corrected chi connectivity index (χ3v) is 9.21. The van der Waals surface area contributed by atoms with E-state index in [0.717, 1.165) is 28.0 Å². The highest BCUT2D eigenvalue weighted by atomic mass is 32.2. The number of nitrogens with one attached hydrogen (secondary N) is 1. The number of fused-ring (bicyclic) bond motifs is 1. The van der Waals surface area contributed by atoms with E-state index in [1.165, 1.54) is 18.3 Å². The first-order chi connectivity index (χ1) is 21.5. The van der Waals surface area contributed by atoms with Crippen molar-refractivity contribution in [3.05, 3.63) is 66.1 Å². The van der Waals surface area contributed by atoms with E-state index in [4.69, 9.17) is 9.57 Å². The number of hydrogen-bond acceptors (Lipinski definition) is 11. The van der Waals surface area contributed by atoms with Crippen molar-refractivity contribution in [1.29, 1.82) is 0 Å². The van der Waals surface area contributed by atoms with E-state index in [2.05, 4.69) is 20.3 Å². The number of benzene rings is 1. The molecule has 45 heavy (non-hydrogen) atoms. The van der Waals surface area contributed by atoms with E-state index in [0.29, 0.717) is 24.3 Å². The minimum atomic E-state index is -4.16. The average Bonchev–Trinajstić information content (AvgIpc) is 3.54. The number of rotatable bonds is 7. The molecule has 2 amide bonds. The molecule has 16 heteroatoms. The van der Waals surface area contributed by atoms with Crippen LogP contribution in [0, 0.1) is 18.6 Å². The van der Waals surface area contributed by atoms with Crippen molar-refractivity contribution < 1.29 is 41.2 Å². The molecule has 2 atom stereocenters. The number of aromatic nitrogens is 4. The van der Waals surface area contributed by atoms with Crippen molar-refractivity contribution in [1.82, 2.24) is 24.0 Å². The van der Waals surface area contributed by atoms with Gasteiger partial charge in [-0.1, -0.05) is 22.8 Å². The molecule has 0 spiro atoms. The minimum absolute atomic E-state index is 0.0124. The summed E-state index contributed by atoms with van der Waals surface area (Å²) >= 11 is 0. The number of imide groups is 1. The molecular formula is C29H26F2N6O7S. The largest absolute Gasteiger partial charge is 0.534 e. The number of nitrogens with zero attached hydrogens (tertiary/aromatic N) is 5. The maximum Gasteiger partial charge on any atom is 0.534 e. The van der Waals surface area contributed by atoms with Crippen LogP contribution >= 0.6 is 0 Å². The van der Waals surface area contributed by atoms with Gasteiger partial charge < -0.3 is 10.1 Å². The fraction of sp³-hybridized carbons (Fsp3) is 0.310. The van der Waals surface area contributed by atoms with Crippen molar-refractivity contribution in [3.8, 4) is 11.4 Å². The van der Waals surface area contributed by atoms with Gasteiger partial charge in [0.25, 0.3) is 21.8 Å². The smallest absolute Gasteiger partial charge is 0.429 e. The topological polar surface area (TPSA) is 163 Å². The van der Waals surface area contributed by atoms with Crippen molar-refractivity contribution in [2.24, 2.45) is 0 Å². The Bertz CT molecular complexity index is 1920. The number of halogens is 2. The molecular weight excluding hydrogens is 614 g/mol. The summed E-state index contributed by atoms with van der Waals surface area (Å²) in [6.45, 7) is 1.82. The van der Waals surface area contributed by atoms with Crippen molar-refractivity contribution in [2.45, 2.75) is 62.5 Å². The van der Waals surface area contributed by atoms with Gasteiger partial charge in [0.2, 0.25) is 0 Å². The fourth-order valence-electron chi connectivity index (χ4n) is 5.30. The molecule has 0 radical (unpaired) electrons. The zero-order valence-corrected chi connectivity index (χ0v) is 24.6. The summed E-state index contributed by atoms with van der Waals surface area (Å²) in [5, 5.41) is 3.48. The number of hydrogen-bond donors (Lipinski definition) is 1. The van der Waals surface area contributed by atoms with Gasteiger partial charge in [0, 0.05) is 42.5 Å². The molecule has 4 heterocycles. The molecule has 2 aliphatic rings. The molecule has 1 aliphatic heterocycles. The summed E-state index contributed by atoms with van der Waals surface area (Å²) in [6, 6.07) is 6.88. The summed E-state index contributed by atoms with van der Waals surface area (Å²) in [4.78, 5) is 52.8. The number of ether oxygens (including phenoxy) is 1. The van der Waals surface area contributed by atoms with Crippen molar-refractivity contribution >= 4 is 44.8 Å². The van der Waals surface area contributed by atoms with Crippen LogP contribution in [0.15, 0.2) is 53.8 Å². The second-order valence-corrected chi connectivity index (χ2v) is 12.6. The molecule has 3 aromatic heterocycles. The van der Waals surface area contributed by atoms with Crippen LogP contribution in [0.5, 0.6) is 0 Å². The summed E-state index contributed by atoms with van der Waals surface area (Å²) < 4.78 is 62.6. The minimum Gasteiger partial charge on any atom is -0.429 e. The number of amides is 2. The molecule has 1 N–H and O–H groups in total. The van der Waals surface area contributed by atoms with E-state index >= 15 is 0 Å². The third kappa shape index (κ3) is 6.05. The van der Waals surface area contributed by atoms with E-state index in [1.807, 2.05) is 6.92 Å². The van der Waals surface area contributed by atoms with E-state index in [9.17, 15) is 31.6 Å². The second kappa shape index (κ2) is 11.8.